The van der Waals surface area contributed by atoms with Gasteiger partial charge in [-0.05, 0) is 41.8 Å². The summed E-state index contributed by atoms with van der Waals surface area (Å²) in [6.45, 7) is 2.14. The first-order valence-electron chi connectivity index (χ1n) is 8.49. The van der Waals surface area contributed by atoms with Crippen LogP contribution in [0.25, 0.3) is 0 Å². The van der Waals surface area contributed by atoms with E-state index < -0.39 is 0 Å². The molecule has 1 aliphatic rings. The molecule has 2 heterocycles. The maximum Gasteiger partial charge on any atom is 0.251 e. The van der Waals surface area contributed by atoms with Crippen molar-refractivity contribution < 1.29 is 4.79 Å². The van der Waals surface area contributed by atoms with Crippen molar-refractivity contribution in [2.24, 2.45) is 0 Å². The number of benzene rings is 2. The summed E-state index contributed by atoms with van der Waals surface area (Å²) in [6, 6.07) is 18.2. The summed E-state index contributed by atoms with van der Waals surface area (Å²) in [5, 5.41) is 10.9. The van der Waals surface area contributed by atoms with Crippen molar-refractivity contribution in [3.63, 3.8) is 0 Å². The first-order chi connectivity index (χ1) is 12.3. The summed E-state index contributed by atoms with van der Waals surface area (Å²) in [5.74, 6) is 0.0208. The second-order valence-corrected chi connectivity index (χ2v) is 6.22. The number of amides is 1. The lowest BCUT2D eigenvalue weighted by molar-refractivity contribution is 0.0946. The molecule has 1 amide bonds. The van der Waals surface area contributed by atoms with Gasteiger partial charge in [0.25, 0.3) is 5.91 Å². The van der Waals surface area contributed by atoms with Crippen LogP contribution in [0.4, 0.5) is 5.69 Å². The Labute approximate surface area is 146 Å². The van der Waals surface area contributed by atoms with Crippen molar-refractivity contribution in [1.29, 1.82) is 0 Å². The van der Waals surface area contributed by atoms with Gasteiger partial charge in [-0.1, -0.05) is 30.3 Å². The highest BCUT2D eigenvalue weighted by molar-refractivity contribution is 5.97. The number of fused-ring (bicyclic) bond motifs is 1. The quantitative estimate of drug-likeness (QED) is 0.755. The zero-order valence-corrected chi connectivity index (χ0v) is 13.9. The molecule has 0 unspecified atom stereocenters. The van der Waals surface area contributed by atoms with Crippen molar-refractivity contribution in [2.45, 2.75) is 19.5 Å². The summed E-state index contributed by atoms with van der Waals surface area (Å²) < 4.78 is 1.95. The largest absolute Gasteiger partial charge is 0.379 e. The summed E-state index contributed by atoms with van der Waals surface area (Å²) in [4.78, 5) is 11.8. The molecule has 0 bridgehead atoms. The number of anilines is 1. The molecule has 126 valence electrons. The third kappa shape index (κ3) is 3.55. The molecule has 0 atom stereocenters. The predicted octanol–water partition coefficient (Wildman–Crippen LogP) is 2.83. The van der Waals surface area contributed by atoms with Gasteiger partial charge >= 0.3 is 0 Å². The minimum atomic E-state index is 0.0208. The summed E-state index contributed by atoms with van der Waals surface area (Å²) >= 11 is 0. The van der Waals surface area contributed by atoms with Crippen molar-refractivity contribution in [3.8, 4) is 0 Å². The summed E-state index contributed by atoms with van der Waals surface area (Å²) in [7, 11) is 0. The number of carbonyl (C=O) groups excluding carboxylic acids is 1. The fourth-order valence-electron chi connectivity index (χ4n) is 3.09. The molecule has 1 aliphatic heterocycles. The van der Waals surface area contributed by atoms with E-state index >= 15 is 0 Å². The normalized spacial score (nSPS) is 13.2. The monoisotopic (exact) mass is 332 g/mol. The molecule has 2 N–H and O–H groups in total. The van der Waals surface area contributed by atoms with Gasteiger partial charge in [0.05, 0.1) is 18.8 Å². The SMILES string of the molecule is O=C1NCCc2cc(NCc3ccn(Cc4ccccc4)n3)ccc21. The van der Waals surface area contributed by atoms with Crippen molar-refractivity contribution in [1.82, 2.24) is 15.1 Å². The maximum atomic E-state index is 11.8. The van der Waals surface area contributed by atoms with Crippen LogP contribution in [0.3, 0.4) is 0 Å². The zero-order valence-electron chi connectivity index (χ0n) is 13.9. The standard InChI is InChI=1S/C20H20N4O/c25-20-19-7-6-17(12-16(19)8-10-21-20)22-13-18-9-11-24(23-18)14-15-4-2-1-3-5-15/h1-7,9,11-12,22H,8,10,13-14H2,(H,21,25). The van der Waals surface area contributed by atoms with Gasteiger partial charge in [0.2, 0.25) is 0 Å². The minimum absolute atomic E-state index is 0.0208. The molecule has 0 fully saturated rings. The van der Waals surface area contributed by atoms with E-state index in [0.717, 1.165) is 35.5 Å². The molecule has 0 spiro atoms. The second-order valence-electron chi connectivity index (χ2n) is 6.22. The molecule has 1 aromatic heterocycles. The van der Waals surface area contributed by atoms with E-state index in [1.165, 1.54) is 5.56 Å². The number of rotatable bonds is 5. The molecule has 25 heavy (non-hydrogen) atoms. The van der Waals surface area contributed by atoms with E-state index in [9.17, 15) is 4.79 Å². The van der Waals surface area contributed by atoms with Crippen LogP contribution >= 0.6 is 0 Å². The van der Waals surface area contributed by atoms with Gasteiger partial charge in [-0.25, -0.2) is 0 Å². The Kier molecular flexibility index (Phi) is 4.21. The van der Waals surface area contributed by atoms with Crippen LogP contribution in [0.2, 0.25) is 0 Å². The summed E-state index contributed by atoms with van der Waals surface area (Å²) in [6.07, 6.45) is 2.88. The number of hydrogen-bond donors (Lipinski definition) is 2. The Hall–Kier alpha value is -3.08. The highest BCUT2D eigenvalue weighted by Gasteiger charge is 2.16. The Balaban J connectivity index is 1.40. The molecule has 0 aliphatic carbocycles. The summed E-state index contributed by atoms with van der Waals surface area (Å²) in [5.41, 5.74) is 5.13. The van der Waals surface area contributed by atoms with E-state index in [1.54, 1.807) is 0 Å². The Bertz CT molecular complexity index is 886. The number of nitrogens with one attached hydrogen (secondary N) is 2. The number of aromatic nitrogens is 2. The molecule has 3 aromatic rings. The molecule has 0 radical (unpaired) electrons. The van der Waals surface area contributed by atoms with Crippen LogP contribution in [0.5, 0.6) is 0 Å². The van der Waals surface area contributed by atoms with Crippen LogP contribution in [0, 0.1) is 0 Å². The van der Waals surface area contributed by atoms with E-state index in [-0.39, 0.29) is 5.91 Å². The van der Waals surface area contributed by atoms with Crippen LogP contribution in [-0.4, -0.2) is 22.2 Å². The lowest BCUT2D eigenvalue weighted by Crippen LogP contribution is -2.31. The molecule has 0 saturated carbocycles. The second kappa shape index (κ2) is 6.81. The molecule has 0 saturated heterocycles. The van der Waals surface area contributed by atoms with E-state index in [4.69, 9.17) is 0 Å². The molecular formula is C20H20N4O. The van der Waals surface area contributed by atoms with Crippen LogP contribution < -0.4 is 10.6 Å². The third-order valence-corrected chi connectivity index (χ3v) is 4.39. The van der Waals surface area contributed by atoms with Gasteiger partial charge < -0.3 is 10.6 Å². The smallest absolute Gasteiger partial charge is 0.251 e. The van der Waals surface area contributed by atoms with Crippen LogP contribution in [-0.2, 0) is 19.5 Å². The highest BCUT2D eigenvalue weighted by atomic mass is 16.1. The van der Waals surface area contributed by atoms with Gasteiger partial charge in [0, 0.05) is 24.0 Å². The average molecular weight is 332 g/mol. The molecule has 2 aromatic carbocycles. The predicted molar refractivity (Wildman–Crippen MR) is 97.6 cm³/mol. The van der Waals surface area contributed by atoms with Gasteiger partial charge in [-0.3, -0.25) is 9.48 Å². The first kappa shape index (κ1) is 15.4. The van der Waals surface area contributed by atoms with Gasteiger partial charge in [-0.2, -0.15) is 5.10 Å². The van der Waals surface area contributed by atoms with E-state index in [0.29, 0.717) is 13.1 Å². The van der Waals surface area contributed by atoms with E-state index in [2.05, 4.69) is 33.9 Å². The Morgan fingerprint density at radius 2 is 2.00 bits per heavy atom. The third-order valence-electron chi connectivity index (χ3n) is 4.39. The van der Waals surface area contributed by atoms with Gasteiger partial charge in [0.1, 0.15) is 0 Å². The topological polar surface area (TPSA) is 59.0 Å². The molecule has 5 heteroatoms. The van der Waals surface area contributed by atoms with Gasteiger partial charge in [-0.15, -0.1) is 0 Å². The van der Waals surface area contributed by atoms with Crippen molar-refractivity contribution in [2.75, 3.05) is 11.9 Å². The zero-order chi connectivity index (χ0) is 17.1. The fourth-order valence-corrected chi connectivity index (χ4v) is 3.09. The van der Waals surface area contributed by atoms with Gasteiger partial charge in [0.15, 0.2) is 0 Å². The molecule has 5 nitrogen and oxygen atoms in total. The van der Waals surface area contributed by atoms with Crippen LogP contribution in [0.15, 0.2) is 60.8 Å². The minimum Gasteiger partial charge on any atom is -0.379 e. The van der Waals surface area contributed by atoms with Crippen molar-refractivity contribution >= 4 is 11.6 Å². The number of hydrogen-bond acceptors (Lipinski definition) is 3. The van der Waals surface area contributed by atoms with Crippen molar-refractivity contribution in [3.05, 3.63) is 83.2 Å². The van der Waals surface area contributed by atoms with Crippen LogP contribution in [0.1, 0.15) is 27.2 Å². The number of carbonyl (C=O) groups is 1. The Morgan fingerprint density at radius 3 is 2.88 bits per heavy atom. The lowest BCUT2D eigenvalue weighted by atomic mass is 10.00. The Morgan fingerprint density at radius 1 is 1.12 bits per heavy atom. The molecule has 4 rings (SSSR count). The fraction of sp³-hybridized carbons (Fsp3) is 0.200. The lowest BCUT2D eigenvalue weighted by Gasteiger charge is -2.17. The highest BCUT2D eigenvalue weighted by Crippen LogP contribution is 2.19. The first-order valence-corrected chi connectivity index (χ1v) is 8.49. The average Bonchev–Trinajstić information content (AvgIpc) is 3.08. The maximum absolute atomic E-state index is 11.8. The van der Waals surface area contributed by atoms with E-state index in [1.807, 2.05) is 47.3 Å². The molecular weight excluding hydrogens is 312 g/mol. The number of nitrogens with zero attached hydrogens (tertiary/aromatic N) is 2.